The van der Waals surface area contributed by atoms with E-state index in [9.17, 15) is 9.59 Å². The Bertz CT molecular complexity index is 574. The van der Waals surface area contributed by atoms with Gasteiger partial charge in [-0.25, -0.2) is 4.79 Å². The summed E-state index contributed by atoms with van der Waals surface area (Å²) in [6, 6.07) is 3.75. The van der Waals surface area contributed by atoms with Crippen LogP contribution in [0.5, 0.6) is 5.75 Å². The van der Waals surface area contributed by atoms with Crippen LogP contribution >= 0.6 is 0 Å². The average molecular weight is 319 g/mol. The van der Waals surface area contributed by atoms with Gasteiger partial charge in [-0.1, -0.05) is 19.8 Å². The number of aryl methyl sites for hydroxylation is 2. The summed E-state index contributed by atoms with van der Waals surface area (Å²) in [6.45, 7) is 5.45. The molecule has 0 aromatic heterocycles. The lowest BCUT2D eigenvalue weighted by Gasteiger charge is -2.29. The molecule has 0 bridgehead atoms. The molecule has 2 atom stereocenters. The molecule has 126 valence electrons. The van der Waals surface area contributed by atoms with Crippen LogP contribution in [0.15, 0.2) is 12.1 Å². The SMILES string of the molecule is Cc1cc(C(=O)NC2CCCCC2C)cc(C)c1OCC(=O)O. The zero-order chi connectivity index (χ0) is 17.0. The van der Waals surface area contributed by atoms with Crippen molar-refractivity contribution in [1.29, 1.82) is 0 Å². The summed E-state index contributed by atoms with van der Waals surface area (Å²) >= 11 is 0. The zero-order valence-electron chi connectivity index (χ0n) is 14.0. The van der Waals surface area contributed by atoms with Gasteiger partial charge in [0.1, 0.15) is 5.75 Å². The molecule has 1 amide bonds. The molecule has 2 unspecified atom stereocenters. The minimum absolute atomic E-state index is 0.0697. The highest BCUT2D eigenvalue weighted by molar-refractivity contribution is 5.95. The van der Waals surface area contributed by atoms with Crippen molar-refractivity contribution in [3.63, 3.8) is 0 Å². The van der Waals surface area contributed by atoms with Crippen molar-refractivity contribution in [3.8, 4) is 5.75 Å². The van der Waals surface area contributed by atoms with E-state index in [0.717, 1.165) is 30.4 Å². The fourth-order valence-corrected chi connectivity index (χ4v) is 3.23. The molecule has 0 aliphatic heterocycles. The number of benzene rings is 1. The quantitative estimate of drug-likeness (QED) is 0.874. The molecule has 0 heterocycles. The lowest BCUT2D eigenvalue weighted by atomic mass is 9.86. The molecule has 5 heteroatoms. The van der Waals surface area contributed by atoms with Gasteiger partial charge < -0.3 is 15.2 Å². The van der Waals surface area contributed by atoms with E-state index in [1.54, 1.807) is 12.1 Å². The molecule has 1 fully saturated rings. The number of carbonyl (C=O) groups is 2. The topological polar surface area (TPSA) is 75.6 Å². The first-order chi connectivity index (χ1) is 10.9. The van der Waals surface area contributed by atoms with Gasteiger partial charge in [0.2, 0.25) is 0 Å². The van der Waals surface area contributed by atoms with E-state index in [4.69, 9.17) is 9.84 Å². The third-order valence-electron chi connectivity index (χ3n) is 4.49. The minimum Gasteiger partial charge on any atom is -0.481 e. The van der Waals surface area contributed by atoms with Crippen LogP contribution in [0.2, 0.25) is 0 Å². The molecule has 2 rings (SSSR count). The second-order valence-electron chi connectivity index (χ2n) is 6.46. The van der Waals surface area contributed by atoms with Gasteiger partial charge in [-0.3, -0.25) is 4.79 Å². The molecule has 0 radical (unpaired) electrons. The first-order valence-corrected chi connectivity index (χ1v) is 8.15. The molecule has 0 spiro atoms. The number of carboxylic acid groups (broad SMARTS) is 1. The Labute approximate surface area is 137 Å². The minimum atomic E-state index is -1.02. The normalized spacial score (nSPS) is 20.8. The van der Waals surface area contributed by atoms with Crippen LogP contribution in [0.1, 0.15) is 54.1 Å². The van der Waals surface area contributed by atoms with Gasteiger partial charge in [0, 0.05) is 11.6 Å². The highest BCUT2D eigenvalue weighted by atomic mass is 16.5. The van der Waals surface area contributed by atoms with Crippen molar-refractivity contribution >= 4 is 11.9 Å². The molecule has 1 aromatic rings. The smallest absolute Gasteiger partial charge is 0.341 e. The molecule has 1 aliphatic rings. The van der Waals surface area contributed by atoms with Crippen molar-refractivity contribution in [2.24, 2.45) is 5.92 Å². The number of ether oxygens (including phenoxy) is 1. The zero-order valence-corrected chi connectivity index (χ0v) is 14.0. The third kappa shape index (κ3) is 4.47. The average Bonchev–Trinajstić information content (AvgIpc) is 2.48. The number of carbonyl (C=O) groups excluding carboxylic acids is 1. The molecule has 1 aromatic carbocycles. The van der Waals surface area contributed by atoms with Gasteiger partial charge in [0.25, 0.3) is 5.91 Å². The fourth-order valence-electron chi connectivity index (χ4n) is 3.23. The number of hydrogen-bond acceptors (Lipinski definition) is 3. The number of aliphatic carboxylic acids is 1. The van der Waals surface area contributed by atoms with Crippen LogP contribution in [-0.4, -0.2) is 29.6 Å². The number of hydrogen-bond donors (Lipinski definition) is 2. The summed E-state index contributed by atoms with van der Waals surface area (Å²) in [5.41, 5.74) is 2.14. The molecule has 1 saturated carbocycles. The highest BCUT2D eigenvalue weighted by Crippen LogP contribution is 2.26. The highest BCUT2D eigenvalue weighted by Gasteiger charge is 2.23. The number of nitrogens with one attached hydrogen (secondary N) is 1. The Morgan fingerprint density at radius 1 is 1.22 bits per heavy atom. The summed E-state index contributed by atoms with van der Waals surface area (Å²) in [5, 5.41) is 11.9. The van der Waals surface area contributed by atoms with E-state index < -0.39 is 5.97 Å². The first-order valence-electron chi connectivity index (χ1n) is 8.15. The molecule has 0 saturated heterocycles. The second kappa shape index (κ2) is 7.49. The molecule has 23 heavy (non-hydrogen) atoms. The van der Waals surface area contributed by atoms with Gasteiger partial charge >= 0.3 is 5.97 Å². The second-order valence-corrected chi connectivity index (χ2v) is 6.46. The summed E-state index contributed by atoms with van der Waals surface area (Å²) in [4.78, 5) is 23.1. The Hall–Kier alpha value is -2.04. The van der Waals surface area contributed by atoms with Gasteiger partial charge in [0.15, 0.2) is 6.61 Å². The van der Waals surface area contributed by atoms with E-state index in [1.807, 2.05) is 13.8 Å². The Morgan fingerprint density at radius 2 is 1.83 bits per heavy atom. The van der Waals surface area contributed by atoms with Gasteiger partial charge in [-0.15, -0.1) is 0 Å². The summed E-state index contributed by atoms with van der Waals surface area (Å²) < 4.78 is 5.30. The predicted molar refractivity (Wildman–Crippen MR) is 87.9 cm³/mol. The van der Waals surface area contributed by atoms with E-state index >= 15 is 0 Å². The van der Waals surface area contributed by atoms with Crippen molar-refractivity contribution in [3.05, 3.63) is 28.8 Å². The number of amides is 1. The predicted octanol–water partition coefficient (Wildman–Crippen LogP) is 3.08. The Morgan fingerprint density at radius 3 is 2.39 bits per heavy atom. The van der Waals surface area contributed by atoms with Crippen LogP contribution in [0, 0.1) is 19.8 Å². The van der Waals surface area contributed by atoms with E-state index in [1.165, 1.54) is 6.42 Å². The summed E-state index contributed by atoms with van der Waals surface area (Å²) in [6.07, 6.45) is 4.59. The monoisotopic (exact) mass is 319 g/mol. The summed E-state index contributed by atoms with van der Waals surface area (Å²) in [5.74, 6) is -0.0420. The van der Waals surface area contributed by atoms with Crippen molar-refractivity contribution in [1.82, 2.24) is 5.32 Å². The lowest BCUT2D eigenvalue weighted by Crippen LogP contribution is -2.41. The van der Waals surface area contributed by atoms with E-state index in [0.29, 0.717) is 17.2 Å². The van der Waals surface area contributed by atoms with Crippen LogP contribution in [-0.2, 0) is 4.79 Å². The van der Waals surface area contributed by atoms with Crippen molar-refractivity contribution in [2.45, 2.75) is 52.5 Å². The number of carboxylic acids is 1. The maximum atomic E-state index is 12.5. The lowest BCUT2D eigenvalue weighted by molar-refractivity contribution is -0.139. The molecular weight excluding hydrogens is 294 g/mol. The van der Waals surface area contributed by atoms with Crippen LogP contribution in [0.3, 0.4) is 0 Å². The first kappa shape index (κ1) is 17.3. The molecule has 2 N–H and O–H groups in total. The standard InChI is InChI=1S/C18H25NO4/c1-11-6-4-5-7-15(11)19-18(22)14-8-12(2)17(13(3)9-14)23-10-16(20)21/h8-9,11,15H,4-7,10H2,1-3H3,(H,19,22)(H,20,21). The van der Waals surface area contributed by atoms with Crippen LogP contribution in [0.4, 0.5) is 0 Å². The van der Waals surface area contributed by atoms with E-state index in [2.05, 4.69) is 12.2 Å². The largest absolute Gasteiger partial charge is 0.481 e. The Kier molecular flexibility index (Phi) is 5.64. The van der Waals surface area contributed by atoms with E-state index in [-0.39, 0.29) is 18.6 Å². The summed E-state index contributed by atoms with van der Waals surface area (Å²) in [7, 11) is 0. The van der Waals surface area contributed by atoms with Gasteiger partial charge in [0.05, 0.1) is 0 Å². The van der Waals surface area contributed by atoms with Crippen molar-refractivity contribution < 1.29 is 19.4 Å². The third-order valence-corrected chi connectivity index (χ3v) is 4.49. The maximum absolute atomic E-state index is 12.5. The molecule has 1 aliphatic carbocycles. The molecule has 5 nitrogen and oxygen atoms in total. The van der Waals surface area contributed by atoms with Gasteiger partial charge in [-0.05, 0) is 55.9 Å². The van der Waals surface area contributed by atoms with Crippen LogP contribution in [0.25, 0.3) is 0 Å². The van der Waals surface area contributed by atoms with Gasteiger partial charge in [-0.2, -0.15) is 0 Å². The van der Waals surface area contributed by atoms with Crippen molar-refractivity contribution in [2.75, 3.05) is 6.61 Å². The Balaban J connectivity index is 2.10. The molecular formula is C18H25NO4. The fraction of sp³-hybridized carbons (Fsp3) is 0.556. The maximum Gasteiger partial charge on any atom is 0.341 e. The number of rotatable bonds is 5. The van der Waals surface area contributed by atoms with Crippen LogP contribution < -0.4 is 10.1 Å².